The van der Waals surface area contributed by atoms with Crippen molar-refractivity contribution in [2.24, 2.45) is 11.8 Å². The summed E-state index contributed by atoms with van der Waals surface area (Å²) >= 11 is 38.5. The third kappa shape index (κ3) is 1.75. The first-order valence-corrected chi connectivity index (χ1v) is 9.65. The fourth-order valence-electron chi connectivity index (χ4n) is 4.22. The van der Waals surface area contributed by atoms with Gasteiger partial charge in [0.15, 0.2) is 4.33 Å². The Kier molecular flexibility index (Phi) is 3.98. The molecule has 2 bridgehead atoms. The van der Waals surface area contributed by atoms with E-state index in [0.29, 0.717) is 6.61 Å². The lowest BCUT2D eigenvalue weighted by atomic mass is 9.84. The number of ether oxygens (including phenoxy) is 1. The van der Waals surface area contributed by atoms with Gasteiger partial charge in [-0.2, -0.15) is 0 Å². The van der Waals surface area contributed by atoms with E-state index in [1.165, 1.54) is 0 Å². The Bertz CT molecular complexity index is 644. The van der Waals surface area contributed by atoms with Crippen LogP contribution in [0.25, 0.3) is 0 Å². The van der Waals surface area contributed by atoms with Crippen LogP contribution >= 0.6 is 69.6 Å². The van der Waals surface area contributed by atoms with Gasteiger partial charge in [-0.25, -0.2) is 0 Å². The molecule has 10 heteroatoms. The van der Waals surface area contributed by atoms with Gasteiger partial charge >= 0.3 is 0 Å². The zero-order valence-electron chi connectivity index (χ0n) is 12.0. The third-order valence-electron chi connectivity index (χ3n) is 5.41. The minimum absolute atomic E-state index is 0.0767. The molecule has 2 amide bonds. The summed E-state index contributed by atoms with van der Waals surface area (Å²) < 4.78 is 3.63. The van der Waals surface area contributed by atoms with Crippen molar-refractivity contribution in [1.29, 1.82) is 0 Å². The van der Waals surface area contributed by atoms with Gasteiger partial charge in [0.05, 0.1) is 34.5 Å². The molecule has 2 heterocycles. The Morgan fingerprint density at radius 2 is 1.50 bits per heavy atom. The van der Waals surface area contributed by atoms with Crippen molar-refractivity contribution < 1.29 is 14.3 Å². The van der Waals surface area contributed by atoms with E-state index in [0.717, 1.165) is 17.7 Å². The van der Waals surface area contributed by atoms with Gasteiger partial charge < -0.3 is 4.74 Å². The number of halogens is 6. The number of carbonyl (C=O) groups is 2. The molecule has 2 saturated heterocycles. The van der Waals surface area contributed by atoms with Crippen molar-refractivity contribution in [2.75, 3.05) is 13.2 Å². The number of rotatable bonds is 2. The summed E-state index contributed by atoms with van der Waals surface area (Å²) in [5.41, 5.74) is 0. The number of nitrogens with zero attached hydrogens (tertiary/aromatic N) is 1. The molecule has 0 aromatic heterocycles. The Hall–Kier alpha value is 0.580. The monoisotopic (exact) mass is 451 g/mol. The maximum absolute atomic E-state index is 12.9. The highest BCUT2D eigenvalue weighted by Gasteiger charge is 2.87. The van der Waals surface area contributed by atoms with E-state index in [-0.39, 0.29) is 22.7 Å². The van der Waals surface area contributed by atoms with Crippen LogP contribution in [0.4, 0.5) is 0 Å². The van der Waals surface area contributed by atoms with Crippen LogP contribution in [0.1, 0.15) is 12.8 Å². The van der Waals surface area contributed by atoms with Crippen LogP contribution in [0.5, 0.6) is 0 Å². The van der Waals surface area contributed by atoms with Crippen LogP contribution in [-0.2, 0) is 14.3 Å². The van der Waals surface area contributed by atoms with Crippen molar-refractivity contribution in [3.05, 3.63) is 10.1 Å². The molecule has 5 atom stereocenters. The highest BCUT2D eigenvalue weighted by molar-refractivity contribution is 6.66. The second-order valence-corrected chi connectivity index (χ2v) is 9.78. The molecule has 4 aliphatic rings. The molecule has 132 valence electrons. The van der Waals surface area contributed by atoms with Crippen LogP contribution in [0.3, 0.4) is 0 Å². The largest absolute Gasteiger partial charge is 0.376 e. The number of carbonyl (C=O) groups excluding carboxylic acids is 2. The quantitative estimate of drug-likeness (QED) is 0.474. The summed E-state index contributed by atoms with van der Waals surface area (Å²) in [6, 6.07) is 0. The normalized spacial score (nSPS) is 46.4. The Morgan fingerprint density at radius 1 is 1.00 bits per heavy atom. The predicted molar refractivity (Wildman–Crippen MR) is 93.0 cm³/mol. The highest BCUT2D eigenvalue weighted by atomic mass is 35.5. The first-order chi connectivity index (χ1) is 11.1. The molecule has 3 fully saturated rings. The summed E-state index contributed by atoms with van der Waals surface area (Å²) in [6.45, 7) is 0.760. The first-order valence-electron chi connectivity index (χ1n) is 7.38. The summed E-state index contributed by atoms with van der Waals surface area (Å²) in [5.74, 6) is -3.11. The fraction of sp³-hybridized carbons (Fsp3) is 0.714. The van der Waals surface area contributed by atoms with E-state index in [1.54, 1.807) is 0 Å². The summed E-state index contributed by atoms with van der Waals surface area (Å²) in [6.07, 6.45) is 1.47. The Labute approximate surface area is 168 Å². The van der Waals surface area contributed by atoms with Gasteiger partial charge in [0.25, 0.3) is 0 Å². The van der Waals surface area contributed by atoms with Gasteiger partial charge in [-0.05, 0) is 12.8 Å². The van der Waals surface area contributed by atoms with Gasteiger partial charge in [0.1, 0.15) is 9.75 Å². The molecule has 0 N–H and O–H groups in total. The molecular formula is C14H11Cl6NO3. The second-order valence-electron chi connectivity index (χ2n) is 6.50. The molecule has 0 aromatic rings. The second kappa shape index (κ2) is 5.31. The molecule has 0 aromatic carbocycles. The molecule has 1 saturated carbocycles. The lowest BCUT2D eigenvalue weighted by Crippen LogP contribution is -2.50. The molecule has 4 rings (SSSR count). The van der Waals surface area contributed by atoms with Gasteiger partial charge in [0.2, 0.25) is 11.8 Å². The number of fused-ring (bicyclic) bond motifs is 5. The zero-order chi connectivity index (χ0) is 17.7. The lowest BCUT2D eigenvalue weighted by Gasteiger charge is -2.34. The van der Waals surface area contributed by atoms with Gasteiger partial charge in [-0.1, -0.05) is 46.4 Å². The number of alkyl halides is 4. The van der Waals surface area contributed by atoms with Crippen molar-refractivity contribution >= 4 is 81.4 Å². The van der Waals surface area contributed by atoms with Gasteiger partial charge in [0, 0.05) is 6.61 Å². The van der Waals surface area contributed by atoms with E-state index in [2.05, 4.69) is 0 Å². The Balaban J connectivity index is 1.78. The standard InChI is InChI=1S/C14H11Cl6NO3/c15-8-9(16)13(18)7-6(12(8,17)14(13,19)20)10(22)21(11(7)23)4-5-2-1-3-24-5/h5-7H,1-4H2/t5-,6+,7+,12+,13+/m1/s1. The zero-order valence-corrected chi connectivity index (χ0v) is 16.5. The number of allylic oxidation sites excluding steroid dienone is 2. The minimum Gasteiger partial charge on any atom is -0.376 e. The van der Waals surface area contributed by atoms with E-state index in [9.17, 15) is 9.59 Å². The maximum Gasteiger partial charge on any atom is 0.235 e. The van der Waals surface area contributed by atoms with Crippen LogP contribution in [0.2, 0.25) is 0 Å². The molecule has 0 spiro atoms. The van der Waals surface area contributed by atoms with E-state index in [4.69, 9.17) is 74.3 Å². The summed E-state index contributed by atoms with van der Waals surface area (Å²) in [4.78, 5) is 23.5. The number of likely N-dealkylation sites (tertiary alicyclic amines) is 1. The predicted octanol–water partition coefficient (Wildman–Crippen LogP) is 3.61. The smallest absolute Gasteiger partial charge is 0.235 e. The van der Waals surface area contributed by atoms with Crippen molar-refractivity contribution in [3.63, 3.8) is 0 Å². The van der Waals surface area contributed by atoms with E-state index < -0.39 is 37.7 Å². The number of hydrogen-bond acceptors (Lipinski definition) is 3. The van der Waals surface area contributed by atoms with Crippen molar-refractivity contribution in [1.82, 2.24) is 4.90 Å². The average Bonchev–Trinajstić information content (AvgIpc) is 3.17. The highest BCUT2D eigenvalue weighted by Crippen LogP contribution is 2.77. The van der Waals surface area contributed by atoms with E-state index >= 15 is 0 Å². The van der Waals surface area contributed by atoms with Crippen molar-refractivity contribution in [2.45, 2.75) is 33.0 Å². The topological polar surface area (TPSA) is 46.6 Å². The number of imide groups is 1. The number of hydrogen-bond donors (Lipinski definition) is 0. The van der Waals surface area contributed by atoms with E-state index in [1.807, 2.05) is 0 Å². The fourth-order valence-corrected chi connectivity index (χ4v) is 7.15. The third-order valence-corrected chi connectivity index (χ3v) is 9.67. The van der Waals surface area contributed by atoms with Crippen LogP contribution in [-0.4, -0.2) is 50.1 Å². The summed E-state index contributed by atoms with van der Waals surface area (Å²) in [5, 5.41) is -0.153. The maximum atomic E-state index is 12.9. The number of amides is 2. The van der Waals surface area contributed by atoms with Gasteiger partial charge in [-0.15, -0.1) is 23.2 Å². The lowest BCUT2D eigenvalue weighted by molar-refractivity contribution is -0.142. The molecular weight excluding hydrogens is 443 g/mol. The molecule has 24 heavy (non-hydrogen) atoms. The molecule has 0 radical (unpaired) electrons. The molecule has 2 aliphatic carbocycles. The average molecular weight is 454 g/mol. The molecule has 0 unspecified atom stereocenters. The van der Waals surface area contributed by atoms with Crippen LogP contribution in [0, 0.1) is 11.8 Å². The van der Waals surface area contributed by atoms with Crippen LogP contribution in [0.15, 0.2) is 10.1 Å². The van der Waals surface area contributed by atoms with Gasteiger partial charge in [-0.3, -0.25) is 14.5 Å². The van der Waals surface area contributed by atoms with Crippen LogP contribution < -0.4 is 0 Å². The molecule has 2 aliphatic heterocycles. The Morgan fingerprint density at radius 3 is 1.92 bits per heavy atom. The molecule has 4 nitrogen and oxygen atoms in total. The van der Waals surface area contributed by atoms with Crippen molar-refractivity contribution in [3.8, 4) is 0 Å². The first kappa shape index (κ1) is 18.0. The summed E-state index contributed by atoms with van der Waals surface area (Å²) in [7, 11) is 0. The minimum atomic E-state index is -1.88. The SMILES string of the molecule is O=C1[C@@H]2[C@@H](C(=O)N1C[C@H]1CCCO1)[C@]1(Cl)C(Cl)=C(Cl)[C@]2(Cl)C1(Cl)Cl.